The van der Waals surface area contributed by atoms with Crippen molar-refractivity contribution < 1.29 is 22.7 Å². The van der Waals surface area contributed by atoms with Gasteiger partial charge in [-0.2, -0.15) is 8.42 Å². The lowest BCUT2D eigenvalue weighted by molar-refractivity contribution is -0.116. The van der Waals surface area contributed by atoms with Gasteiger partial charge in [0.2, 0.25) is 5.91 Å². The zero-order chi connectivity index (χ0) is 19.6. The van der Waals surface area contributed by atoms with E-state index in [2.05, 4.69) is 9.71 Å². The van der Waals surface area contributed by atoms with Gasteiger partial charge in [0, 0.05) is 18.7 Å². The maximum Gasteiger partial charge on any atom is 0.285 e. The molecule has 0 aliphatic carbocycles. The third kappa shape index (κ3) is 3.72. The van der Waals surface area contributed by atoms with Gasteiger partial charge in [-0.1, -0.05) is 12.1 Å². The highest BCUT2D eigenvalue weighted by molar-refractivity contribution is 7.90. The molecule has 2 aromatic rings. The quantitative estimate of drug-likeness (QED) is 0.836. The first-order chi connectivity index (χ1) is 12.9. The van der Waals surface area contributed by atoms with Crippen LogP contribution in [-0.4, -0.2) is 52.9 Å². The number of benzene rings is 2. The molecule has 0 unspecified atom stereocenters. The highest BCUT2D eigenvalue weighted by atomic mass is 32.2. The van der Waals surface area contributed by atoms with Gasteiger partial charge in [0.05, 0.1) is 26.5 Å². The van der Waals surface area contributed by atoms with E-state index in [0.717, 1.165) is 0 Å². The lowest BCUT2D eigenvalue weighted by Crippen LogP contribution is -2.35. The average molecular weight is 389 g/mol. The molecule has 2 aromatic carbocycles. The van der Waals surface area contributed by atoms with Crippen molar-refractivity contribution in [2.24, 2.45) is 4.40 Å². The van der Waals surface area contributed by atoms with Crippen LogP contribution in [0, 0.1) is 0 Å². The minimum Gasteiger partial charge on any atom is -0.497 e. The van der Waals surface area contributed by atoms with E-state index >= 15 is 0 Å². The first-order valence-electron chi connectivity index (χ1n) is 8.03. The second-order valence-corrected chi connectivity index (χ2v) is 7.43. The van der Waals surface area contributed by atoms with E-state index in [-0.39, 0.29) is 23.2 Å². The van der Waals surface area contributed by atoms with Gasteiger partial charge in [-0.3, -0.25) is 4.79 Å². The van der Waals surface area contributed by atoms with Gasteiger partial charge >= 0.3 is 0 Å². The number of fused-ring (bicyclic) bond motifs is 1. The number of rotatable bonds is 5. The van der Waals surface area contributed by atoms with E-state index in [4.69, 9.17) is 9.47 Å². The fraction of sp³-hybridized carbons (Fsp3) is 0.222. The van der Waals surface area contributed by atoms with Gasteiger partial charge < -0.3 is 19.7 Å². The van der Waals surface area contributed by atoms with Gasteiger partial charge in [0.1, 0.15) is 16.4 Å². The number of methoxy groups -OCH3 is 2. The Morgan fingerprint density at radius 1 is 1.15 bits per heavy atom. The number of anilines is 1. The normalized spacial score (nSPS) is 14.1. The second-order valence-electron chi connectivity index (χ2n) is 5.86. The number of nitrogens with one attached hydrogen (secondary N) is 1. The molecule has 142 valence electrons. The Bertz CT molecular complexity index is 1020. The van der Waals surface area contributed by atoms with Crippen molar-refractivity contribution in [3.05, 3.63) is 48.0 Å². The molecule has 0 spiro atoms. The van der Waals surface area contributed by atoms with Gasteiger partial charge in [-0.25, -0.2) is 0 Å². The van der Waals surface area contributed by atoms with Crippen molar-refractivity contribution in [2.45, 2.75) is 4.90 Å². The lowest BCUT2D eigenvalue weighted by Gasteiger charge is -2.19. The second kappa shape index (κ2) is 7.28. The number of likely N-dealkylation sites (N-methyl/N-ethyl adjacent to an activating group) is 1. The molecule has 1 aliphatic rings. The summed E-state index contributed by atoms with van der Waals surface area (Å²) in [5, 5.41) is 2.75. The first kappa shape index (κ1) is 18.7. The summed E-state index contributed by atoms with van der Waals surface area (Å²) >= 11 is 0. The molecular formula is C18H19N3O5S. The molecule has 0 aromatic heterocycles. The first-order valence-corrected chi connectivity index (χ1v) is 9.47. The number of nitrogens with zero attached hydrogens (tertiary/aromatic N) is 2. The number of amides is 1. The summed E-state index contributed by atoms with van der Waals surface area (Å²) in [6.45, 7) is -0.0942. The van der Waals surface area contributed by atoms with Gasteiger partial charge in [-0.15, -0.1) is 4.40 Å². The van der Waals surface area contributed by atoms with Crippen LogP contribution in [0.2, 0.25) is 0 Å². The fourth-order valence-corrected chi connectivity index (χ4v) is 4.01. The molecule has 0 radical (unpaired) electrons. The van der Waals surface area contributed by atoms with Crippen LogP contribution < -0.4 is 14.8 Å². The number of carbonyl (C=O) groups is 1. The summed E-state index contributed by atoms with van der Waals surface area (Å²) < 4.78 is 38.5. The topological polar surface area (TPSA) is 97.3 Å². The average Bonchev–Trinajstić information content (AvgIpc) is 2.93. The smallest absolute Gasteiger partial charge is 0.285 e. The van der Waals surface area contributed by atoms with Crippen molar-refractivity contribution in [2.75, 3.05) is 33.1 Å². The zero-order valence-corrected chi connectivity index (χ0v) is 15.9. The maximum atomic E-state index is 12.5. The zero-order valence-electron chi connectivity index (χ0n) is 15.1. The molecule has 0 fully saturated rings. The van der Waals surface area contributed by atoms with Gasteiger partial charge in [0.15, 0.2) is 5.84 Å². The summed E-state index contributed by atoms with van der Waals surface area (Å²) in [4.78, 5) is 14.1. The van der Waals surface area contributed by atoms with E-state index in [1.165, 1.54) is 25.2 Å². The summed E-state index contributed by atoms with van der Waals surface area (Å²) in [6.07, 6.45) is 0. The summed E-state index contributed by atoms with van der Waals surface area (Å²) in [5.74, 6) is 0.935. The largest absolute Gasteiger partial charge is 0.497 e. The number of amidine groups is 1. The minimum atomic E-state index is -3.74. The standard InChI is InChI=1S/C18H19N3O5S/c1-21(18-13-6-4-5-7-16(13)27(23,24)20-18)11-17(22)19-14-10-12(25-2)8-9-15(14)26-3/h4-10H,11H2,1-3H3,(H,19,22). The molecule has 1 N–H and O–H groups in total. The molecule has 8 nitrogen and oxygen atoms in total. The lowest BCUT2D eigenvalue weighted by atomic mass is 10.2. The van der Waals surface area contributed by atoms with Crippen LogP contribution in [0.1, 0.15) is 5.56 Å². The third-order valence-electron chi connectivity index (χ3n) is 4.04. The Hall–Kier alpha value is -3.07. The SMILES string of the molecule is COc1ccc(OC)c(NC(=O)CN(C)C2=NS(=O)(=O)c3ccccc32)c1. The van der Waals surface area contributed by atoms with E-state index in [1.54, 1.807) is 43.4 Å². The van der Waals surface area contributed by atoms with E-state index < -0.39 is 10.0 Å². The molecular weight excluding hydrogens is 370 g/mol. The molecule has 1 aliphatic heterocycles. The third-order valence-corrected chi connectivity index (χ3v) is 5.36. The minimum absolute atomic E-state index is 0.0942. The van der Waals surface area contributed by atoms with E-state index in [1.807, 2.05) is 0 Å². The van der Waals surface area contributed by atoms with Crippen LogP contribution in [0.25, 0.3) is 0 Å². The highest BCUT2D eigenvalue weighted by Gasteiger charge is 2.31. The van der Waals surface area contributed by atoms with Crippen LogP contribution in [0.3, 0.4) is 0 Å². The van der Waals surface area contributed by atoms with Crippen LogP contribution in [0.5, 0.6) is 11.5 Å². The molecule has 1 heterocycles. The number of hydrogen-bond donors (Lipinski definition) is 1. The Balaban J connectivity index is 1.78. The highest BCUT2D eigenvalue weighted by Crippen LogP contribution is 2.29. The maximum absolute atomic E-state index is 12.5. The molecule has 0 saturated heterocycles. The van der Waals surface area contributed by atoms with Crippen LogP contribution in [0.15, 0.2) is 51.8 Å². The van der Waals surface area contributed by atoms with E-state index in [0.29, 0.717) is 22.7 Å². The molecule has 3 rings (SSSR count). The van der Waals surface area contributed by atoms with Crippen molar-refractivity contribution in [1.29, 1.82) is 0 Å². The summed E-state index contributed by atoms with van der Waals surface area (Å²) in [6, 6.07) is 11.6. The number of hydrogen-bond acceptors (Lipinski definition) is 6. The van der Waals surface area contributed by atoms with Crippen molar-refractivity contribution >= 4 is 27.5 Å². The Labute approximate surface area is 157 Å². The van der Waals surface area contributed by atoms with Crippen LogP contribution >= 0.6 is 0 Å². The molecule has 27 heavy (non-hydrogen) atoms. The molecule has 9 heteroatoms. The van der Waals surface area contributed by atoms with Gasteiger partial charge in [0.25, 0.3) is 10.0 Å². The molecule has 0 atom stereocenters. The summed E-state index contributed by atoms with van der Waals surface area (Å²) in [7, 11) is 0.898. The van der Waals surface area contributed by atoms with Crippen LogP contribution in [-0.2, 0) is 14.8 Å². The Morgan fingerprint density at radius 2 is 1.89 bits per heavy atom. The van der Waals surface area contributed by atoms with E-state index in [9.17, 15) is 13.2 Å². The molecule has 0 saturated carbocycles. The number of sulfonamides is 1. The predicted molar refractivity (Wildman–Crippen MR) is 101 cm³/mol. The van der Waals surface area contributed by atoms with Crippen molar-refractivity contribution in [3.8, 4) is 11.5 Å². The van der Waals surface area contributed by atoms with Gasteiger partial charge in [-0.05, 0) is 24.3 Å². The van der Waals surface area contributed by atoms with Crippen LogP contribution in [0.4, 0.5) is 5.69 Å². The number of carbonyl (C=O) groups excluding carboxylic acids is 1. The molecule has 0 bridgehead atoms. The van der Waals surface area contributed by atoms with Crippen molar-refractivity contribution in [3.63, 3.8) is 0 Å². The fourth-order valence-electron chi connectivity index (χ4n) is 2.76. The molecule has 1 amide bonds. The Morgan fingerprint density at radius 3 is 2.59 bits per heavy atom. The number of ether oxygens (including phenoxy) is 2. The monoisotopic (exact) mass is 389 g/mol. The Kier molecular flexibility index (Phi) is 5.04. The summed E-state index contributed by atoms with van der Waals surface area (Å²) in [5.41, 5.74) is 0.934. The predicted octanol–water partition coefficient (Wildman–Crippen LogP) is 1.72. The van der Waals surface area contributed by atoms with Crippen molar-refractivity contribution in [1.82, 2.24) is 4.90 Å².